The molecule has 1 N–H and O–H groups in total. The molecule has 1 aromatic rings. The molecule has 15 heavy (non-hydrogen) atoms. The standard InChI is InChI=1S/C9H13F2N3O/c1-6(9(2,10)11)13-8(15)7-4-12-5-14(7)3/h4-6H,1-3H3,(H,13,15)/t6-/m0/s1. The zero-order valence-corrected chi connectivity index (χ0v) is 8.79. The number of aromatic nitrogens is 2. The zero-order valence-electron chi connectivity index (χ0n) is 8.79. The minimum atomic E-state index is -2.94. The molecule has 0 saturated carbocycles. The van der Waals surface area contributed by atoms with Gasteiger partial charge in [0.05, 0.1) is 18.6 Å². The second kappa shape index (κ2) is 3.96. The third-order valence-corrected chi connectivity index (χ3v) is 2.16. The van der Waals surface area contributed by atoms with Crippen LogP contribution in [-0.4, -0.2) is 27.4 Å². The predicted octanol–water partition coefficient (Wildman–Crippen LogP) is 1.19. The molecule has 1 amide bonds. The minimum absolute atomic E-state index is 0.256. The van der Waals surface area contributed by atoms with E-state index in [9.17, 15) is 13.6 Å². The first kappa shape index (κ1) is 11.6. The Morgan fingerprint density at radius 1 is 1.67 bits per heavy atom. The van der Waals surface area contributed by atoms with E-state index in [-0.39, 0.29) is 5.69 Å². The van der Waals surface area contributed by atoms with Crippen LogP contribution in [0.25, 0.3) is 0 Å². The molecule has 0 saturated heterocycles. The summed E-state index contributed by atoms with van der Waals surface area (Å²) in [5.41, 5.74) is 0.256. The maximum Gasteiger partial charge on any atom is 0.269 e. The molecule has 1 aromatic heterocycles. The molecule has 0 radical (unpaired) electrons. The molecule has 0 aromatic carbocycles. The van der Waals surface area contributed by atoms with Crippen LogP contribution in [0.15, 0.2) is 12.5 Å². The van der Waals surface area contributed by atoms with E-state index in [1.54, 1.807) is 7.05 Å². The predicted molar refractivity (Wildman–Crippen MR) is 50.8 cm³/mol. The summed E-state index contributed by atoms with van der Waals surface area (Å²) in [6.45, 7) is 2.02. The molecule has 1 heterocycles. The van der Waals surface area contributed by atoms with Crippen molar-refractivity contribution in [2.24, 2.45) is 7.05 Å². The molecule has 0 unspecified atom stereocenters. The van der Waals surface area contributed by atoms with E-state index in [0.717, 1.165) is 6.92 Å². The Hall–Kier alpha value is -1.46. The number of imidazole rings is 1. The summed E-state index contributed by atoms with van der Waals surface area (Å²) in [4.78, 5) is 15.2. The molecule has 4 nitrogen and oxygen atoms in total. The largest absolute Gasteiger partial charge is 0.342 e. The van der Waals surface area contributed by atoms with Crippen LogP contribution >= 0.6 is 0 Å². The molecule has 1 atom stereocenters. The summed E-state index contributed by atoms with van der Waals surface area (Å²) in [5, 5.41) is 2.21. The normalized spacial score (nSPS) is 13.7. The van der Waals surface area contributed by atoms with E-state index in [2.05, 4.69) is 10.3 Å². The molecule has 0 bridgehead atoms. The average Bonchev–Trinajstić information content (AvgIpc) is 2.49. The number of rotatable bonds is 3. The van der Waals surface area contributed by atoms with Crippen LogP contribution in [0.3, 0.4) is 0 Å². The summed E-state index contributed by atoms with van der Waals surface area (Å²) in [7, 11) is 1.62. The van der Waals surface area contributed by atoms with Gasteiger partial charge < -0.3 is 9.88 Å². The number of hydrogen-bond donors (Lipinski definition) is 1. The van der Waals surface area contributed by atoms with Gasteiger partial charge in [0.15, 0.2) is 0 Å². The molecule has 1 rings (SSSR count). The van der Waals surface area contributed by atoms with E-state index in [4.69, 9.17) is 0 Å². The van der Waals surface area contributed by atoms with Gasteiger partial charge in [0.1, 0.15) is 5.69 Å². The molecule has 0 aliphatic heterocycles. The molecular formula is C9H13F2N3O. The van der Waals surface area contributed by atoms with Crippen molar-refractivity contribution in [1.29, 1.82) is 0 Å². The maximum absolute atomic E-state index is 12.8. The molecule has 84 valence electrons. The fourth-order valence-corrected chi connectivity index (χ4v) is 0.973. The third-order valence-electron chi connectivity index (χ3n) is 2.16. The summed E-state index contributed by atoms with van der Waals surface area (Å²) in [6.07, 6.45) is 2.76. The molecular weight excluding hydrogens is 204 g/mol. The highest BCUT2D eigenvalue weighted by Gasteiger charge is 2.31. The minimum Gasteiger partial charge on any atom is -0.342 e. The second-order valence-electron chi connectivity index (χ2n) is 3.54. The van der Waals surface area contributed by atoms with Crippen molar-refractivity contribution in [3.63, 3.8) is 0 Å². The van der Waals surface area contributed by atoms with Crippen molar-refractivity contribution < 1.29 is 13.6 Å². The van der Waals surface area contributed by atoms with Crippen LogP contribution in [0.4, 0.5) is 8.78 Å². The zero-order chi connectivity index (χ0) is 11.6. The van der Waals surface area contributed by atoms with Gasteiger partial charge >= 0.3 is 0 Å². The van der Waals surface area contributed by atoms with Crippen molar-refractivity contribution in [3.05, 3.63) is 18.2 Å². The lowest BCUT2D eigenvalue weighted by atomic mass is 10.2. The van der Waals surface area contributed by atoms with Gasteiger partial charge in [-0.15, -0.1) is 0 Å². The van der Waals surface area contributed by atoms with Gasteiger partial charge in [-0.05, 0) is 6.92 Å². The Balaban J connectivity index is 2.69. The lowest BCUT2D eigenvalue weighted by Gasteiger charge is -2.20. The lowest BCUT2D eigenvalue weighted by Crippen LogP contribution is -2.44. The van der Waals surface area contributed by atoms with Gasteiger partial charge in [-0.1, -0.05) is 0 Å². The highest BCUT2D eigenvalue weighted by atomic mass is 19.3. The van der Waals surface area contributed by atoms with E-state index < -0.39 is 17.9 Å². The Kier molecular flexibility index (Phi) is 3.06. The first-order valence-electron chi connectivity index (χ1n) is 4.47. The van der Waals surface area contributed by atoms with Gasteiger partial charge in [-0.3, -0.25) is 4.79 Å². The van der Waals surface area contributed by atoms with Crippen molar-refractivity contribution >= 4 is 5.91 Å². The number of carbonyl (C=O) groups is 1. The summed E-state index contributed by atoms with van der Waals surface area (Å²) in [5.74, 6) is -3.49. The van der Waals surface area contributed by atoms with Crippen molar-refractivity contribution in [2.75, 3.05) is 0 Å². The van der Waals surface area contributed by atoms with Crippen LogP contribution < -0.4 is 5.32 Å². The fourth-order valence-electron chi connectivity index (χ4n) is 0.973. The van der Waals surface area contributed by atoms with E-state index >= 15 is 0 Å². The van der Waals surface area contributed by atoms with Gasteiger partial charge in [0.2, 0.25) is 0 Å². The number of halogens is 2. The number of hydrogen-bond acceptors (Lipinski definition) is 2. The van der Waals surface area contributed by atoms with Gasteiger partial charge in [0, 0.05) is 14.0 Å². The van der Waals surface area contributed by atoms with Crippen molar-refractivity contribution in [3.8, 4) is 0 Å². The number of alkyl halides is 2. The number of nitrogens with one attached hydrogen (secondary N) is 1. The fraction of sp³-hybridized carbons (Fsp3) is 0.556. The average molecular weight is 217 g/mol. The smallest absolute Gasteiger partial charge is 0.269 e. The monoisotopic (exact) mass is 217 g/mol. The number of amides is 1. The summed E-state index contributed by atoms with van der Waals surface area (Å²) < 4.78 is 27.0. The molecule has 0 aliphatic rings. The van der Waals surface area contributed by atoms with Gasteiger partial charge in [-0.25, -0.2) is 13.8 Å². The van der Waals surface area contributed by atoms with Crippen molar-refractivity contribution in [2.45, 2.75) is 25.8 Å². The Morgan fingerprint density at radius 2 is 2.27 bits per heavy atom. The van der Waals surface area contributed by atoms with Crippen LogP contribution in [0.5, 0.6) is 0 Å². The van der Waals surface area contributed by atoms with E-state index in [1.165, 1.54) is 24.0 Å². The molecule has 0 aliphatic carbocycles. The first-order valence-corrected chi connectivity index (χ1v) is 4.47. The molecule has 6 heteroatoms. The van der Waals surface area contributed by atoms with Crippen LogP contribution in [-0.2, 0) is 7.05 Å². The summed E-state index contributed by atoms with van der Waals surface area (Å²) in [6, 6.07) is -1.21. The Labute approximate surface area is 86.3 Å². The SMILES string of the molecule is C[C@H](NC(=O)c1cncn1C)C(C)(F)F. The van der Waals surface area contributed by atoms with Gasteiger partial charge in [0.25, 0.3) is 11.8 Å². The maximum atomic E-state index is 12.8. The first-order chi connectivity index (χ1) is 6.82. The lowest BCUT2D eigenvalue weighted by molar-refractivity contribution is -0.0109. The highest BCUT2D eigenvalue weighted by molar-refractivity contribution is 5.92. The number of carbonyl (C=O) groups excluding carboxylic acids is 1. The Morgan fingerprint density at radius 3 is 2.67 bits per heavy atom. The quantitative estimate of drug-likeness (QED) is 0.826. The van der Waals surface area contributed by atoms with Crippen LogP contribution in [0.1, 0.15) is 24.3 Å². The number of nitrogens with zero attached hydrogens (tertiary/aromatic N) is 2. The van der Waals surface area contributed by atoms with E-state index in [0.29, 0.717) is 0 Å². The molecule has 0 fully saturated rings. The van der Waals surface area contributed by atoms with Crippen LogP contribution in [0, 0.1) is 0 Å². The topological polar surface area (TPSA) is 46.9 Å². The summed E-state index contributed by atoms with van der Waals surface area (Å²) >= 11 is 0. The third kappa shape index (κ3) is 2.74. The van der Waals surface area contributed by atoms with Gasteiger partial charge in [-0.2, -0.15) is 0 Å². The van der Waals surface area contributed by atoms with Crippen molar-refractivity contribution in [1.82, 2.24) is 14.9 Å². The number of aryl methyl sites for hydroxylation is 1. The van der Waals surface area contributed by atoms with Crippen LogP contribution in [0.2, 0.25) is 0 Å². The van der Waals surface area contributed by atoms with E-state index in [1.807, 2.05) is 0 Å². The second-order valence-corrected chi connectivity index (χ2v) is 3.54. The molecule has 0 spiro atoms. The highest BCUT2D eigenvalue weighted by Crippen LogP contribution is 2.16. The Bertz CT molecular complexity index is 356.